The Kier molecular flexibility index (Phi) is 6.79. The first-order valence-corrected chi connectivity index (χ1v) is 8.79. The zero-order valence-electron chi connectivity index (χ0n) is 14.9. The van der Waals surface area contributed by atoms with Crippen LogP contribution in [0.4, 0.5) is 5.69 Å². The van der Waals surface area contributed by atoms with Crippen molar-refractivity contribution in [2.75, 3.05) is 31.6 Å². The third-order valence-electron chi connectivity index (χ3n) is 4.43. The molecular formula is C19H28N2O3. The van der Waals surface area contributed by atoms with Gasteiger partial charge in [-0.05, 0) is 50.4 Å². The van der Waals surface area contributed by atoms with E-state index in [0.29, 0.717) is 19.1 Å². The number of anilines is 1. The third kappa shape index (κ3) is 5.06. The summed E-state index contributed by atoms with van der Waals surface area (Å²) in [5, 5.41) is 3.02. The van der Waals surface area contributed by atoms with Gasteiger partial charge < -0.3 is 10.1 Å². The molecule has 0 unspecified atom stereocenters. The Bertz CT molecular complexity index is 563. The van der Waals surface area contributed by atoms with Crippen molar-refractivity contribution >= 4 is 17.6 Å². The van der Waals surface area contributed by atoms with Gasteiger partial charge in [0.15, 0.2) is 0 Å². The lowest BCUT2D eigenvalue weighted by Gasteiger charge is -2.30. The fourth-order valence-electron chi connectivity index (χ4n) is 3.09. The fourth-order valence-corrected chi connectivity index (χ4v) is 3.09. The molecule has 1 saturated heterocycles. The van der Waals surface area contributed by atoms with E-state index in [1.165, 1.54) is 0 Å². The van der Waals surface area contributed by atoms with Crippen molar-refractivity contribution < 1.29 is 14.3 Å². The molecule has 0 aliphatic carbocycles. The number of nitrogens with one attached hydrogen (secondary N) is 1. The predicted octanol–water partition coefficient (Wildman–Crippen LogP) is 3.02. The number of rotatable bonds is 6. The van der Waals surface area contributed by atoms with Gasteiger partial charge in [-0.3, -0.25) is 14.5 Å². The van der Waals surface area contributed by atoms with E-state index >= 15 is 0 Å². The number of hydrogen-bond donors (Lipinski definition) is 1. The van der Waals surface area contributed by atoms with Gasteiger partial charge in [-0.1, -0.05) is 32.0 Å². The number of nitrogens with zero attached hydrogens (tertiary/aromatic N) is 1. The van der Waals surface area contributed by atoms with Crippen molar-refractivity contribution in [3.8, 4) is 0 Å². The number of ether oxygens (including phenoxy) is 1. The molecule has 1 aromatic carbocycles. The smallest absolute Gasteiger partial charge is 0.309 e. The van der Waals surface area contributed by atoms with E-state index in [-0.39, 0.29) is 17.8 Å². The quantitative estimate of drug-likeness (QED) is 0.814. The Morgan fingerprint density at radius 3 is 2.54 bits per heavy atom. The number of carbonyl (C=O) groups excluding carboxylic acids is 2. The topological polar surface area (TPSA) is 58.6 Å². The Balaban J connectivity index is 1.83. The van der Waals surface area contributed by atoms with Crippen LogP contribution in [0.1, 0.15) is 45.1 Å². The number of esters is 1. The summed E-state index contributed by atoms with van der Waals surface area (Å²) in [4.78, 5) is 26.2. The Hall–Kier alpha value is -1.88. The second kappa shape index (κ2) is 8.83. The molecule has 5 nitrogen and oxygen atoms in total. The number of carbonyl (C=O) groups is 2. The number of piperidine rings is 1. The van der Waals surface area contributed by atoms with Gasteiger partial charge in [-0.2, -0.15) is 0 Å². The van der Waals surface area contributed by atoms with Crippen molar-refractivity contribution in [1.29, 1.82) is 0 Å². The summed E-state index contributed by atoms with van der Waals surface area (Å²) in [5.74, 6) is 0.234. The van der Waals surface area contributed by atoms with Crippen LogP contribution < -0.4 is 5.32 Å². The van der Waals surface area contributed by atoms with E-state index in [1.807, 2.05) is 31.2 Å². The SMILES string of the molecule is CCOC(=O)C1CCN(CC(=O)Nc2ccccc2C(C)C)CC1. The molecule has 1 heterocycles. The molecule has 0 bridgehead atoms. The highest BCUT2D eigenvalue weighted by molar-refractivity contribution is 5.93. The van der Waals surface area contributed by atoms with Crippen molar-refractivity contribution in [2.45, 2.75) is 39.5 Å². The van der Waals surface area contributed by atoms with Crippen LogP contribution in [-0.2, 0) is 14.3 Å². The zero-order chi connectivity index (χ0) is 17.5. The van der Waals surface area contributed by atoms with Gasteiger partial charge in [-0.15, -0.1) is 0 Å². The van der Waals surface area contributed by atoms with Crippen LogP contribution in [0.25, 0.3) is 0 Å². The van der Waals surface area contributed by atoms with Crippen LogP contribution in [0.5, 0.6) is 0 Å². The summed E-state index contributed by atoms with van der Waals surface area (Å²) in [6.45, 7) is 8.35. The standard InChI is InChI=1S/C19H28N2O3/c1-4-24-19(23)15-9-11-21(12-10-15)13-18(22)20-17-8-6-5-7-16(17)14(2)3/h5-8,14-15H,4,9-13H2,1-3H3,(H,20,22). The molecule has 0 radical (unpaired) electrons. The summed E-state index contributed by atoms with van der Waals surface area (Å²) in [5.41, 5.74) is 2.03. The molecule has 2 rings (SSSR count). The highest BCUT2D eigenvalue weighted by atomic mass is 16.5. The molecule has 24 heavy (non-hydrogen) atoms. The number of hydrogen-bond acceptors (Lipinski definition) is 4. The lowest BCUT2D eigenvalue weighted by atomic mass is 9.97. The van der Waals surface area contributed by atoms with Crippen molar-refractivity contribution in [1.82, 2.24) is 4.90 Å². The number of para-hydroxylation sites is 1. The highest BCUT2D eigenvalue weighted by Gasteiger charge is 2.26. The molecule has 1 aromatic rings. The summed E-state index contributed by atoms with van der Waals surface area (Å²) in [6, 6.07) is 7.92. The van der Waals surface area contributed by atoms with Gasteiger partial charge in [0.25, 0.3) is 0 Å². The minimum atomic E-state index is -0.104. The van der Waals surface area contributed by atoms with Crippen LogP contribution in [0.3, 0.4) is 0 Å². The third-order valence-corrected chi connectivity index (χ3v) is 4.43. The predicted molar refractivity (Wildman–Crippen MR) is 95.0 cm³/mol. The van der Waals surface area contributed by atoms with Gasteiger partial charge in [0.05, 0.1) is 19.1 Å². The number of likely N-dealkylation sites (tertiary alicyclic amines) is 1. The molecule has 1 amide bonds. The summed E-state index contributed by atoms with van der Waals surface area (Å²) in [6.07, 6.45) is 1.52. The second-order valence-electron chi connectivity index (χ2n) is 6.59. The first-order valence-electron chi connectivity index (χ1n) is 8.79. The molecule has 1 N–H and O–H groups in total. The molecule has 1 aliphatic heterocycles. The monoisotopic (exact) mass is 332 g/mol. The normalized spacial score (nSPS) is 16.2. The largest absolute Gasteiger partial charge is 0.466 e. The zero-order valence-corrected chi connectivity index (χ0v) is 14.9. The second-order valence-corrected chi connectivity index (χ2v) is 6.59. The maximum atomic E-state index is 12.3. The minimum Gasteiger partial charge on any atom is -0.466 e. The average Bonchev–Trinajstić information content (AvgIpc) is 2.56. The summed E-state index contributed by atoms with van der Waals surface area (Å²) in [7, 11) is 0. The molecule has 5 heteroatoms. The fraction of sp³-hybridized carbons (Fsp3) is 0.579. The van der Waals surface area contributed by atoms with E-state index in [4.69, 9.17) is 4.74 Å². The van der Waals surface area contributed by atoms with Crippen LogP contribution in [-0.4, -0.2) is 43.0 Å². The molecule has 1 fully saturated rings. The van der Waals surface area contributed by atoms with E-state index in [1.54, 1.807) is 0 Å². The number of amides is 1. The lowest BCUT2D eigenvalue weighted by Crippen LogP contribution is -2.41. The highest BCUT2D eigenvalue weighted by Crippen LogP contribution is 2.24. The lowest BCUT2D eigenvalue weighted by molar-refractivity contribution is -0.149. The molecule has 1 aliphatic rings. The summed E-state index contributed by atoms with van der Waals surface area (Å²) < 4.78 is 5.08. The average molecular weight is 332 g/mol. The van der Waals surface area contributed by atoms with Crippen LogP contribution in [0, 0.1) is 5.92 Å². The van der Waals surface area contributed by atoms with Crippen molar-refractivity contribution in [3.63, 3.8) is 0 Å². The van der Waals surface area contributed by atoms with Crippen LogP contribution in [0.2, 0.25) is 0 Å². The van der Waals surface area contributed by atoms with Crippen molar-refractivity contribution in [2.24, 2.45) is 5.92 Å². The Morgan fingerprint density at radius 1 is 1.25 bits per heavy atom. The first-order chi connectivity index (χ1) is 11.5. The summed E-state index contributed by atoms with van der Waals surface area (Å²) >= 11 is 0. The minimum absolute atomic E-state index is 0.00214. The van der Waals surface area contributed by atoms with E-state index < -0.39 is 0 Å². The molecule has 0 atom stereocenters. The van der Waals surface area contributed by atoms with Gasteiger partial charge in [-0.25, -0.2) is 0 Å². The maximum absolute atomic E-state index is 12.3. The Labute approximate surface area is 144 Å². The van der Waals surface area contributed by atoms with Crippen LogP contribution in [0.15, 0.2) is 24.3 Å². The Morgan fingerprint density at radius 2 is 1.92 bits per heavy atom. The van der Waals surface area contributed by atoms with Gasteiger partial charge in [0.2, 0.25) is 5.91 Å². The van der Waals surface area contributed by atoms with E-state index in [9.17, 15) is 9.59 Å². The van der Waals surface area contributed by atoms with Crippen LogP contribution >= 0.6 is 0 Å². The van der Waals surface area contributed by atoms with Gasteiger partial charge in [0.1, 0.15) is 0 Å². The maximum Gasteiger partial charge on any atom is 0.309 e. The number of benzene rings is 1. The van der Waals surface area contributed by atoms with E-state index in [2.05, 4.69) is 24.1 Å². The van der Waals surface area contributed by atoms with Gasteiger partial charge in [0, 0.05) is 5.69 Å². The molecule has 0 spiro atoms. The molecular weight excluding hydrogens is 304 g/mol. The van der Waals surface area contributed by atoms with Gasteiger partial charge >= 0.3 is 5.97 Å². The molecule has 0 aromatic heterocycles. The van der Waals surface area contributed by atoms with Crippen molar-refractivity contribution in [3.05, 3.63) is 29.8 Å². The first kappa shape index (κ1) is 18.5. The van der Waals surface area contributed by atoms with E-state index in [0.717, 1.165) is 37.2 Å². The molecule has 132 valence electrons. The molecule has 0 saturated carbocycles.